The Morgan fingerprint density at radius 3 is 2.55 bits per heavy atom. The summed E-state index contributed by atoms with van der Waals surface area (Å²) in [6.07, 6.45) is 4.35. The standard InChI is InChI=1S/C10H8BrN5O3S/c1-15-8(12-5-9(15)16(17)18)2-7(20-19)10-13-3-6(11)4-14-10/h3-5H,2H2,1H3. The first-order valence-electron chi connectivity index (χ1n) is 5.31. The summed E-state index contributed by atoms with van der Waals surface area (Å²) in [5, 5.41) is 10.7. The van der Waals surface area contributed by atoms with Crippen molar-refractivity contribution in [3.05, 3.63) is 44.8 Å². The lowest BCUT2D eigenvalue weighted by atomic mass is 10.3. The van der Waals surface area contributed by atoms with Crippen molar-refractivity contribution in [1.82, 2.24) is 19.5 Å². The van der Waals surface area contributed by atoms with E-state index in [2.05, 4.69) is 30.9 Å². The molecule has 0 aliphatic heterocycles. The van der Waals surface area contributed by atoms with Crippen LogP contribution in [0.25, 0.3) is 0 Å². The largest absolute Gasteiger partial charge is 0.358 e. The molecular weight excluding hydrogens is 350 g/mol. The molecule has 20 heavy (non-hydrogen) atoms. The first kappa shape index (κ1) is 14.5. The summed E-state index contributed by atoms with van der Waals surface area (Å²) in [5.41, 5.74) is 0. The Balaban J connectivity index is 2.30. The highest BCUT2D eigenvalue weighted by Gasteiger charge is 2.19. The Bertz CT molecular complexity index is 708. The van der Waals surface area contributed by atoms with Crippen LogP contribution in [-0.2, 0) is 24.7 Å². The summed E-state index contributed by atoms with van der Waals surface area (Å²) in [4.78, 5) is 22.6. The topological polar surface area (TPSA) is 104 Å². The average molecular weight is 358 g/mol. The highest BCUT2D eigenvalue weighted by atomic mass is 79.9. The van der Waals surface area contributed by atoms with E-state index in [1.807, 2.05) is 0 Å². The lowest BCUT2D eigenvalue weighted by Gasteiger charge is -2.00. The summed E-state index contributed by atoms with van der Waals surface area (Å²) < 4.78 is 13.2. The lowest BCUT2D eigenvalue weighted by molar-refractivity contribution is -0.391. The van der Waals surface area contributed by atoms with Gasteiger partial charge in [-0.15, -0.1) is 0 Å². The van der Waals surface area contributed by atoms with Gasteiger partial charge in [-0.2, -0.15) is 0 Å². The van der Waals surface area contributed by atoms with E-state index in [0.29, 0.717) is 21.0 Å². The molecule has 0 aromatic carbocycles. The van der Waals surface area contributed by atoms with Crippen LogP contribution in [0.15, 0.2) is 23.1 Å². The van der Waals surface area contributed by atoms with Gasteiger partial charge in [0.15, 0.2) is 5.82 Å². The number of nitrogens with zero attached hydrogens (tertiary/aromatic N) is 5. The van der Waals surface area contributed by atoms with Gasteiger partial charge in [0.2, 0.25) is 5.82 Å². The zero-order valence-corrected chi connectivity index (χ0v) is 12.6. The van der Waals surface area contributed by atoms with E-state index in [-0.39, 0.29) is 23.5 Å². The molecule has 0 aliphatic rings. The third-order valence-electron chi connectivity index (χ3n) is 2.54. The third kappa shape index (κ3) is 2.96. The maximum Gasteiger partial charge on any atom is 0.342 e. The van der Waals surface area contributed by atoms with Crippen molar-refractivity contribution in [2.45, 2.75) is 6.42 Å². The van der Waals surface area contributed by atoms with Crippen LogP contribution in [0.1, 0.15) is 11.6 Å². The second-order valence-corrected chi connectivity index (χ2v) is 5.33. The van der Waals surface area contributed by atoms with E-state index in [1.54, 1.807) is 0 Å². The molecule has 2 heterocycles. The molecule has 2 rings (SSSR count). The zero-order valence-electron chi connectivity index (χ0n) is 10.2. The molecule has 2 aromatic rings. The molecule has 0 fully saturated rings. The second-order valence-electron chi connectivity index (χ2n) is 3.76. The lowest BCUT2D eigenvalue weighted by Crippen LogP contribution is -2.13. The van der Waals surface area contributed by atoms with Gasteiger partial charge in [0.05, 0.1) is 34.1 Å². The Hall–Kier alpha value is -1.94. The van der Waals surface area contributed by atoms with Crippen molar-refractivity contribution in [1.29, 1.82) is 0 Å². The van der Waals surface area contributed by atoms with E-state index in [9.17, 15) is 14.3 Å². The van der Waals surface area contributed by atoms with Crippen molar-refractivity contribution in [3.8, 4) is 0 Å². The third-order valence-corrected chi connectivity index (χ3v) is 3.47. The predicted molar refractivity (Wildman–Crippen MR) is 75.5 cm³/mol. The van der Waals surface area contributed by atoms with Crippen molar-refractivity contribution < 1.29 is 9.13 Å². The van der Waals surface area contributed by atoms with Gasteiger partial charge in [-0.25, -0.2) is 23.7 Å². The SMILES string of the molecule is Cn1c([N+](=O)[O-])cnc1CC(=S=O)c1ncc(Br)cn1. The van der Waals surface area contributed by atoms with Crippen LogP contribution in [0.2, 0.25) is 0 Å². The molecular formula is C10H8BrN5O3S. The number of nitro groups is 1. The maximum absolute atomic E-state index is 11.2. The van der Waals surface area contributed by atoms with Crippen molar-refractivity contribution in [2.24, 2.45) is 7.05 Å². The second kappa shape index (κ2) is 6.01. The van der Waals surface area contributed by atoms with Crippen LogP contribution >= 0.6 is 15.9 Å². The van der Waals surface area contributed by atoms with Crippen LogP contribution in [0, 0.1) is 10.1 Å². The molecule has 0 bridgehead atoms. The Kier molecular flexibility index (Phi) is 4.35. The van der Waals surface area contributed by atoms with Gasteiger partial charge in [0.1, 0.15) is 6.20 Å². The number of hydrogen-bond donors (Lipinski definition) is 0. The average Bonchev–Trinajstić information content (AvgIpc) is 2.78. The minimum atomic E-state index is -0.531. The highest BCUT2D eigenvalue weighted by Crippen LogP contribution is 2.13. The summed E-state index contributed by atoms with van der Waals surface area (Å²) in [7, 11) is 1.52. The molecule has 0 N–H and O–H groups in total. The first-order valence-corrected chi connectivity index (χ1v) is 6.85. The van der Waals surface area contributed by atoms with E-state index in [1.165, 1.54) is 24.0 Å². The Labute approximate surface area is 125 Å². The zero-order chi connectivity index (χ0) is 14.7. The van der Waals surface area contributed by atoms with Crippen molar-refractivity contribution >= 4 is 37.9 Å². The highest BCUT2D eigenvalue weighted by molar-refractivity contribution is 9.10. The molecule has 104 valence electrons. The fourth-order valence-electron chi connectivity index (χ4n) is 1.52. The maximum atomic E-state index is 11.2. The fourth-order valence-corrected chi connectivity index (χ4v) is 2.09. The normalized spacial score (nSPS) is 10.3. The van der Waals surface area contributed by atoms with Crippen molar-refractivity contribution in [2.75, 3.05) is 0 Å². The number of imidazole rings is 1. The van der Waals surface area contributed by atoms with E-state index in [4.69, 9.17) is 0 Å². The van der Waals surface area contributed by atoms with Gasteiger partial charge < -0.3 is 10.1 Å². The molecule has 0 saturated heterocycles. The monoisotopic (exact) mass is 357 g/mol. The van der Waals surface area contributed by atoms with E-state index < -0.39 is 4.92 Å². The van der Waals surface area contributed by atoms with E-state index >= 15 is 0 Å². The minimum Gasteiger partial charge on any atom is -0.358 e. The van der Waals surface area contributed by atoms with Gasteiger partial charge in [-0.3, -0.25) is 0 Å². The summed E-state index contributed by atoms with van der Waals surface area (Å²) in [6.45, 7) is 0. The number of aromatic nitrogens is 4. The Morgan fingerprint density at radius 2 is 2.05 bits per heavy atom. The molecule has 8 nitrogen and oxygen atoms in total. The van der Waals surface area contributed by atoms with Gasteiger partial charge in [-0.1, -0.05) is 0 Å². The van der Waals surface area contributed by atoms with Crippen LogP contribution in [0.4, 0.5) is 5.82 Å². The molecule has 10 heteroatoms. The quantitative estimate of drug-likeness (QED) is 0.348. The smallest absolute Gasteiger partial charge is 0.342 e. The van der Waals surface area contributed by atoms with E-state index in [0.717, 1.165) is 6.20 Å². The fraction of sp³-hybridized carbons (Fsp3) is 0.200. The molecule has 0 atom stereocenters. The molecule has 0 aliphatic carbocycles. The number of hydrogen-bond acceptors (Lipinski definition) is 6. The van der Waals surface area contributed by atoms with Crippen LogP contribution in [-0.4, -0.2) is 33.5 Å². The Morgan fingerprint density at radius 1 is 1.40 bits per heavy atom. The first-order chi connectivity index (χ1) is 9.52. The van der Waals surface area contributed by atoms with Crippen LogP contribution < -0.4 is 0 Å². The summed E-state index contributed by atoms with van der Waals surface area (Å²) in [6, 6.07) is 0. The molecule has 0 unspecified atom stereocenters. The summed E-state index contributed by atoms with van der Waals surface area (Å²) in [5.74, 6) is 0.562. The van der Waals surface area contributed by atoms with Crippen molar-refractivity contribution in [3.63, 3.8) is 0 Å². The van der Waals surface area contributed by atoms with Gasteiger partial charge >= 0.3 is 5.82 Å². The minimum absolute atomic E-state index is 0.132. The van der Waals surface area contributed by atoms with Gasteiger partial charge in [0.25, 0.3) is 0 Å². The molecule has 0 spiro atoms. The van der Waals surface area contributed by atoms with Crippen LogP contribution in [0.5, 0.6) is 0 Å². The number of halogens is 1. The van der Waals surface area contributed by atoms with Crippen LogP contribution in [0.3, 0.4) is 0 Å². The number of rotatable bonds is 4. The molecule has 0 saturated carbocycles. The predicted octanol–water partition coefficient (Wildman–Crippen LogP) is 0.857. The molecule has 2 aromatic heterocycles. The molecule has 0 amide bonds. The molecule has 0 radical (unpaired) electrons. The van der Waals surface area contributed by atoms with Gasteiger partial charge in [0, 0.05) is 12.4 Å². The summed E-state index contributed by atoms with van der Waals surface area (Å²) >= 11 is 3.46. The van der Waals surface area contributed by atoms with Gasteiger partial charge in [-0.05, 0) is 20.9 Å².